The number of amides is 1. The molecule has 0 aromatic heterocycles. The molecule has 0 saturated heterocycles. The van der Waals surface area contributed by atoms with E-state index in [1.54, 1.807) is 47.9 Å². The monoisotopic (exact) mass is 362 g/mol. The third-order valence-corrected chi connectivity index (χ3v) is 5.17. The van der Waals surface area contributed by atoms with Gasteiger partial charge in [0.1, 0.15) is 0 Å². The smallest absolute Gasteiger partial charge is 0.261 e. The zero-order chi connectivity index (χ0) is 18.1. The van der Waals surface area contributed by atoms with Gasteiger partial charge in [0.15, 0.2) is 0 Å². The van der Waals surface area contributed by atoms with Gasteiger partial charge in [-0.3, -0.25) is 14.7 Å². The molecule has 25 heavy (non-hydrogen) atoms. The number of hydroxylamine groups is 1. The van der Waals surface area contributed by atoms with Crippen molar-refractivity contribution in [3.05, 3.63) is 60.2 Å². The Bertz CT molecular complexity index is 792. The van der Waals surface area contributed by atoms with E-state index < -0.39 is 15.9 Å². The zero-order valence-electron chi connectivity index (χ0n) is 13.8. The number of anilines is 1. The molecule has 3 N–H and O–H groups in total. The number of carbonyl (C=O) groups excluding carboxylic acids is 1. The van der Waals surface area contributed by atoms with E-state index in [2.05, 4.69) is 4.72 Å². The van der Waals surface area contributed by atoms with Gasteiger partial charge in [0.25, 0.3) is 10.0 Å². The standard InChI is InChI=1S/C18H22N2O4S/c21-18(19-22)14-6-1-3-9-15-10-7-8-13-17(15)20-25(23,24)16-11-4-2-5-12-16/h2,4-5,7-8,10-13,20,22H,1,3,6,9,14H2,(H,19,21). The van der Waals surface area contributed by atoms with Gasteiger partial charge in [0, 0.05) is 6.42 Å². The Morgan fingerprint density at radius 2 is 1.60 bits per heavy atom. The van der Waals surface area contributed by atoms with Crippen molar-refractivity contribution in [2.75, 3.05) is 4.72 Å². The molecule has 6 nitrogen and oxygen atoms in total. The van der Waals surface area contributed by atoms with Gasteiger partial charge >= 0.3 is 0 Å². The number of sulfonamides is 1. The van der Waals surface area contributed by atoms with E-state index in [1.807, 2.05) is 12.1 Å². The van der Waals surface area contributed by atoms with E-state index in [0.29, 0.717) is 18.5 Å². The number of para-hydroxylation sites is 1. The lowest BCUT2D eigenvalue weighted by Gasteiger charge is -2.12. The molecule has 0 radical (unpaired) electrons. The van der Waals surface area contributed by atoms with Crippen LogP contribution in [0.5, 0.6) is 0 Å². The fraction of sp³-hybridized carbons (Fsp3) is 0.278. The second-order valence-corrected chi connectivity index (χ2v) is 7.35. The van der Waals surface area contributed by atoms with Gasteiger partial charge in [-0.25, -0.2) is 13.9 Å². The van der Waals surface area contributed by atoms with Crippen LogP contribution >= 0.6 is 0 Å². The first-order chi connectivity index (χ1) is 12.0. The Morgan fingerprint density at radius 1 is 0.920 bits per heavy atom. The molecule has 0 saturated carbocycles. The van der Waals surface area contributed by atoms with Crippen molar-refractivity contribution in [1.82, 2.24) is 5.48 Å². The summed E-state index contributed by atoms with van der Waals surface area (Å²) in [7, 11) is -3.62. The van der Waals surface area contributed by atoms with Crippen LogP contribution in [0.15, 0.2) is 59.5 Å². The Labute approximate surface area is 147 Å². The second kappa shape index (κ2) is 9.19. The maximum absolute atomic E-state index is 12.5. The van der Waals surface area contributed by atoms with Gasteiger partial charge in [-0.15, -0.1) is 0 Å². The Balaban J connectivity index is 1.97. The van der Waals surface area contributed by atoms with Crippen molar-refractivity contribution in [1.29, 1.82) is 0 Å². The summed E-state index contributed by atoms with van der Waals surface area (Å²) in [6.07, 6.45) is 3.29. The summed E-state index contributed by atoms with van der Waals surface area (Å²) in [5, 5.41) is 8.44. The molecule has 0 spiro atoms. The minimum Gasteiger partial charge on any atom is -0.289 e. The van der Waals surface area contributed by atoms with Crippen LogP contribution in [0.3, 0.4) is 0 Å². The lowest BCUT2D eigenvalue weighted by atomic mass is 10.0. The van der Waals surface area contributed by atoms with Crippen molar-refractivity contribution in [3.8, 4) is 0 Å². The van der Waals surface area contributed by atoms with Gasteiger partial charge in [-0.2, -0.15) is 0 Å². The topological polar surface area (TPSA) is 95.5 Å². The number of rotatable bonds is 9. The van der Waals surface area contributed by atoms with Crippen molar-refractivity contribution >= 4 is 21.6 Å². The molecular weight excluding hydrogens is 340 g/mol. The highest BCUT2D eigenvalue weighted by atomic mass is 32.2. The molecule has 2 aromatic rings. The van der Waals surface area contributed by atoms with E-state index in [4.69, 9.17) is 5.21 Å². The minimum absolute atomic E-state index is 0.222. The lowest BCUT2D eigenvalue weighted by Crippen LogP contribution is -2.17. The fourth-order valence-corrected chi connectivity index (χ4v) is 3.60. The SMILES string of the molecule is O=C(CCCCCc1ccccc1NS(=O)(=O)c1ccccc1)NO. The average Bonchev–Trinajstić information content (AvgIpc) is 2.63. The lowest BCUT2D eigenvalue weighted by molar-refractivity contribution is -0.129. The third kappa shape index (κ3) is 5.88. The van der Waals surface area contributed by atoms with Crippen LogP contribution in [0.25, 0.3) is 0 Å². The molecule has 0 atom stereocenters. The number of benzene rings is 2. The summed E-state index contributed by atoms with van der Waals surface area (Å²) in [5.74, 6) is -0.393. The fourth-order valence-electron chi connectivity index (χ4n) is 2.47. The van der Waals surface area contributed by atoms with Crippen LogP contribution in [0.2, 0.25) is 0 Å². The highest BCUT2D eigenvalue weighted by Gasteiger charge is 2.15. The highest BCUT2D eigenvalue weighted by Crippen LogP contribution is 2.22. The van der Waals surface area contributed by atoms with Gasteiger partial charge in [0.2, 0.25) is 5.91 Å². The molecule has 0 heterocycles. The van der Waals surface area contributed by atoms with Crippen molar-refractivity contribution in [2.24, 2.45) is 0 Å². The molecule has 0 aliphatic carbocycles. The molecule has 1 amide bonds. The number of carbonyl (C=O) groups is 1. The first-order valence-corrected chi connectivity index (χ1v) is 9.60. The molecule has 7 heteroatoms. The molecule has 2 aromatic carbocycles. The minimum atomic E-state index is -3.62. The Morgan fingerprint density at radius 3 is 2.32 bits per heavy atom. The van der Waals surface area contributed by atoms with Crippen LogP contribution in [0.4, 0.5) is 5.69 Å². The third-order valence-electron chi connectivity index (χ3n) is 3.79. The van der Waals surface area contributed by atoms with Gasteiger partial charge in [0.05, 0.1) is 10.6 Å². The summed E-state index contributed by atoms with van der Waals surface area (Å²) in [4.78, 5) is 11.2. The largest absolute Gasteiger partial charge is 0.289 e. The van der Waals surface area contributed by atoms with Gasteiger partial charge in [-0.1, -0.05) is 42.8 Å². The molecule has 2 rings (SSSR count). The van der Waals surface area contributed by atoms with Crippen LogP contribution in [-0.2, 0) is 21.2 Å². The van der Waals surface area contributed by atoms with E-state index in [1.165, 1.54) is 0 Å². The summed E-state index contributed by atoms with van der Waals surface area (Å²) in [6, 6.07) is 15.5. The summed E-state index contributed by atoms with van der Waals surface area (Å²) in [6.45, 7) is 0. The average molecular weight is 362 g/mol. The van der Waals surface area contributed by atoms with E-state index >= 15 is 0 Å². The summed E-state index contributed by atoms with van der Waals surface area (Å²) in [5.41, 5.74) is 3.09. The quantitative estimate of drug-likeness (QED) is 0.363. The number of unbranched alkanes of at least 4 members (excludes halogenated alkanes) is 2. The maximum atomic E-state index is 12.5. The maximum Gasteiger partial charge on any atom is 0.261 e. The van der Waals surface area contributed by atoms with Crippen LogP contribution in [0, 0.1) is 0 Å². The summed E-state index contributed by atoms with van der Waals surface area (Å²) >= 11 is 0. The number of aryl methyl sites for hydroxylation is 1. The van der Waals surface area contributed by atoms with Crippen LogP contribution in [0.1, 0.15) is 31.2 Å². The predicted molar refractivity (Wildman–Crippen MR) is 95.8 cm³/mol. The van der Waals surface area contributed by atoms with Crippen molar-refractivity contribution in [2.45, 2.75) is 37.0 Å². The molecule has 0 fully saturated rings. The molecule has 134 valence electrons. The number of hydrogen-bond donors (Lipinski definition) is 3. The zero-order valence-corrected chi connectivity index (χ0v) is 14.6. The van der Waals surface area contributed by atoms with Crippen LogP contribution in [-0.4, -0.2) is 19.5 Å². The molecular formula is C18H22N2O4S. The van der Waals surface area contributed by atoms with E-state index in [-0.39, 0.29) is 11.3 Å². The number of hydrogen-bond acceptors (Lipinski definition) is 4. The number of nitrogens with one attached hydrogen (secondary N) is 2. The van der Waals surface area contributed by atoms with E-state index in [0.717, 1.165) is 18.4 Å². The predicted octanol–water partition coefficient (Wildman–Crippen LogP) is 3.10. The highest BCUT2D eigenvalue weighted by molar-refractivity contribution is 7.92. The normalized spacial score (nSPS) is 11.1. The van der Waals surface area contributed by atoms with Gasteiger partial charge in [-0.05, 0) is 43.0 Å². The second-order valence-electron chi connectivity index (χ2n) is 5.67. The first kappa shape index (κ1) is 19.0. The van der Waals surface area contributed by atoms with Crippen molar-refractivity contribution < 1.29 is 18.4 Å². The van der Waals surface area contributed by atoms with E-state index in [9.17, 15) is 13.2 Å². The molecule has 0 unspecified atom stereocenters. The van der Waals surface area contributed by atoms with Crippen molar-refractivity contribution in [3.63, 3.8) is 0 Å². The Hall–Kier alpha value is -2.38. The Kier molecular flexibility index (Phi) is 6.97. The molecule has 0 aliphatic rings. The molecule has 0 aliphatic heterocycles. The first-order valence-electron chi connectivity index (χ1n) is 8.11. The van der Waals surface area contributed by atoms with Crippen LogP contribution < -0.4 is 10.2 Å². The molecule has 0 bridgehead atoms. The summed E-state index contributed by atoms with van der Waals surface area (Å²) < 4.78 is 27.6. The van der Waals surface area contributed by atoms with Gasteiger partial charge < -0.3 is 0 Å².